The SMILES string of the molecule is Cc1ccc(NC(N)=NCC2(O)CCC2)cc1C. The normalized spacial score (nSPS) is 18.3. The average molecular weight is 247 g/mol. The number of hydrogen-bond acceptors (Lipinski definition) is 2. The highest BCUT2D eigenvalue weighted by Gasteiger charge is 2.33. The summed E-state index contributed by atoms with van der Waals surface area (Å²) < 4.78 is 0. The smallest absolute Gasteiger partial charge is 0.193 e. The summed E-state index contributed by atoms with van der Waals surface area (Å²) in [7, 11) is 0. The molecule has 0 bridgehead atoms. The molecule has 0 spiro atoms. The Balaban J connectivity index is 1.95. The molecule has 1 aliphatic carbocycles. The van der Waals surface area contributed by atoms with Crippen molar-refractivity contribution < 1.29 is 5.11 Å². The van der Waals surface area contributed by atoms with E-state index in [1.54, 1.807) is 0 Å². The average Bonchev–Trinajstić information content (AvgIpc) is 2.29. The zero-order valence-corrected chi connectivity index (χ0v) is 11.0. The molecule has 0 amide bonds. The van der Waals surface area contributed by atoms with Crippen LogP contribution in [-0.4, -0.2) is 23.2 Å². The van der Waals surface area contributed by atoms with Crippen LogP contribution in [0.3, 0.4) is 0 Å². The van der Waals surface area contributed by atoms with Gasteiger partial charge in [-0.15, -0.1) is 0 Å². The second-order valence-electron chi connectivity index (χ2n) is 5.20. The molecule has 4 N–H and O–H groups in total. The van der Waals surface area contributed by atoms with Crippen LogP contribution in [-0.2, 0) is 0 Å². The molecule has 0 heterocycles. The van der Waals surface area contributed by atoms with Crippen LogP contribution in [0.4, 0.5) is 5.69 Å². The molecule has 98 valence electrons. The van der Waals surface area contributed by atoms with Crippen LogP contribution in [0.15, 0.2) is 23.2 Å². The molecule has 1 aromatic rings. The Kier molecular flexibility index (Phi) is 3.57. The Morgan fingerprint density at radius 3 is 2.67 bits per heavy atom. The largest absolute Gasteiger partial charge is 0.388 e. The van der Waals surface area contributed by atoms with Gasteiger partial charge < -0.3 is 16.2 Å². The van der Waals surface area contributed by atoms with Gasteiger partial charge in [-0.25, -0.2) is 0 Å². The number of anilines is 1. The molecule has 0 radical (unpaired) electrons. The topological polar surface area (TPSA) is 70.6 Å². The molecule has 18 heavy (non-hydrogen) atoms. The lowest BCUT2D eigenvalue weighted by molar-refractivity contribution is -0.0235. The van der Waals surface area contributed by atoms with Crippen molar-refractivity contribution in [1.82, 2.24) is 0 Å². The predicted molar refractivity (Wildman–Crippen MR) is 74.8 cm³/mol. The number of aliphatic imine (C=N–C) groups is 1. The zero-order chi connectivity index (χ0) is 13.2. The first kappa shape index (κ1) is 12.9. The molecule has 1 fully saturated rings. The molecule has 4 nitrogen and oxygen atoms in total. The fourth-order valence-electron chi connectivity index (χ4n) is 1.98. The van der Waals surface area contributed by atoms with Crippen molar-refractivity contribution in [2.75, 3.05) is 11.9 Å². The maximum absolute atomic E-state index is 9.92. The zero-order valence-electron chi connectivity index (χ0n) is 11.0. The summed E-state index contributed by atoms with van der Waals surface area (Å²) in [4.78, 5) is 4.20. The summed E-state index contributed by atoms with van der Waals surface area (Å²) in [6, 6.07) is 6.06. The summed E-state index contributed by atoms with van der Waals surface area (Å²) in [6.07, 6.45) is 2.73. The van der Waals surface area contributed by atoms with E-state index in [9.17, 15) is 5.11 Å². The number of hydrogen-bond donors (Lipinski definition) is 3. The van der Waals surface area contributed by atoms with Crippen LogP contribution in [0.5, 0.6) is 0 Å². The lowest BCUT2D eigenvalue weighted by Gasteiger charge is -2.34. The minimum absolute atomic E-state index is 0.360. The second-order valence-corrected chi connectivity index (χ2v) is 5.20. The van der Waals surface area contributed by atoms with Gasteiger partial charge in [-0.1, -0.05) is 6.07 Å². The van der Waals surface area contributed by atoms with Crippen LogP contribution < -0.4 is 11.1 Å². The van der Waals surface area contributed by atoms with Gasteiger partial charge in [0.05, 0.1) is 12.1 Å². The highest BCUT2D eigenvalue weighted by molar-refractivity contribution is 5.92. The van der Waals surface area contributed by atoms with Crippen molar-refractivity contribution in [3.63, 3.8) is 0 Å². The van der Waals surface area contributed by atoms with Gasteiger partial charge in [-0.05, 0) is 56.4 Å². The molecule has 0 aliphatic heterocycles. The highest BCUT2D eigenvalue weighted by Crippen LogP contribution is 2.31. The lowest BCUT2D eigenvalue weighted by atomic mass is 9.80. The standard InChI is InChI=1S/C14H21N3O/c1-10-4-5-12(8-11(10)2)17-13(15)16-9-14(18)6-3-7-14/h4-5,8,18H,3,6-7,9H2,1-2H3,(H3,15,16,17). The number of aryl methyl sites for hydroxylation is 2. The molecule has 2 rings (SSSR count). The Hall–Kier alpha value is -1.55. The van der Waals surface area contributed by atoms with E-state index < -0.39 is 5.60 Å². The van der Waals surface area contributed by atoms with E-state index >= 15 is 0 Å². The van der Waals surface area contributed by atoms with Crippen LogP contribution in [0, 0.1) is 13.8 Å². The fraction of sp³-hybridized carbons (Fsp3) is 0.500. The Bertz CT molecular complexity index is 464. The fourth-order valence-corrected chi connectivity index (χ4v) is 1.98. The Morgan fingerprint density at radius 1 is 1.39 bits per heavy atom. The number of guanidine groups is 1. The van der Waals surface area contributed by atoms with Crippen molar-refractivity contribution in [1.29, 1.82) is 0 Å². The van der Waals surface area contributed by atoms with Crippen LogP contribution >= 0.6 is 0 Å². The third-order valence-corrected chi connectivity index (χ3v) is 3.61. The molecule has 0 unspecified atom stereocenters. The minimum atomic E-state index is -0.616. The Morgan fingerprint density at radius 2 is 2.11 bits per heavy atom. The number of nitrogens with zero attached hydrogens (tertiary/aromatic N) is 1. The monoisotopic (exact) mass is 247 g/mol. The lowest BCUT2D eigenvalue weighted by Crippen LogP contribution is -2.41. The van der Waals surface area contributed by atoms with Crippen molar-refractivity contribution in [2.45, 2.75) is 38.7 Å². The third-order valence-electron chi connectivity index (χ3n) is 3.61. The Labute approximate surface area is 108 Å². The number of aliphatic hydroxyl groups is 1. The first-order valence-electron chi connectivity index (χ1n) is 6.35. The van der Waals surface area contributed by atoms with E-state index in [0.29, 0.717) is 12.5 Å². The van der Waals surface area contributed by atoms with Gasteiger partial charge >= 0.3 is 0 Å². The number of nitrogens with two attached hydrogens (primary N) is 1. The maximum atomic E-state index is 9.92. The third kappa shape index (κ3) is 3.01. The molecule has 0 atom stereocenters. The van der Waals surface area contributed by atoms with Crippen molar-refractivity contribution in [2.24, 2.45) is 10.7 Å². The summed E-state index contributed by atoms with van der Waals surface area (Å²) in [5.74, 6) is 0.360. The molecule has 0 aromatic heterocycles. The maximum Gasteiger partial charge on any atom is 0.193 e. The quantitative estimate of drug-likeness (QED) is 0.564. The van der Waals surface area contributed by atoms with Crippen LogP contribution in [0.1, 0.15) is 30.4 Å². The second kappa shape index (κ2) is 4.98. The highest BCUT2D eigenvalue weighted by atomic mass is 16.3. The van der Waals surface area contributed by atoms with E-state index in [1.807, 2.05) is 18.2 Å². The van der Waals surface area contributed by atoms with E-state index in [4.69, 9.17) is 5.73 Å². The van der Waals surface area contributed by atoms with Crippen molar-refractivity contribution in [3.05, 3.63) is 29.3 Å². The van der Waals surface area contributed by atoms with Gasteiger partial charge in [0, 0.05) is 5.69 Å². The molecular weight excluding hydrogens is 226 g/mol. The minimum Gasteiger partial charge on any atom is -0.388 e. The summed E-state index contributed by atoms with van der Waals surface area (Å²) in [5.41, 5.74) is 8.59. The molecule has 4 heteroatoms. The molecule has 1 aliphatic rings. The number of nitrogens with one attached hydrogen (secondary N) is 1. The first-order valence-corrected chi connectivity index (χ1v) is 6.35. The van der Waals surface area contributed by atoms with Gasteiger partial charge in [0.1, 0.15) is 0 Å². The van der Waals surface area contributed by atoms with Gasteiger partial charge in [-0.3, -0.25) is 4.99 Å². The number of benzene rings is 1. The predicted octanol–water partition coefficient (Wildman–Crippen LogP) is 1.95. The molecule has 1 aromatic carbocycles. The van der Waals surface area contributed by atoms with E-state index in [-0.39, 0.29) is 0 Å². The van der Waals surface area contributed by atoms with Gasteiger partial charge in [-0.2, -0.15) is 0 Å². The van der Waals surface area contributed by atoms with Crippen molar-refractivity contribution in [3.8, 4) is 0 Å². The first-order chi connectivity index (χ1) is 8.48. The van der Waals surface area contributed by atoms with E-state index in [2.05, 4.69) is 24.2 Å². The van der Waals surface area contributed by atoms with Crippen molar-refractivity contribution >= 4 is 11.6 Å². The van der Waals surface area contributed by atoms with Crippen LogP contribution in [0.25, 0.3) is 0 Å². The van der Waals surface area contributed by atoms with Gasteiger partial charge in [0.2, 0.25) is 0 Å². The molecule has 0 saturated heterocycles. The molecule has 1 saturated carbocycles. The van der Waals surface area contributed by atoms with E-state index in [0.717, 1.165) is 24.9 Å². The summed E-state index contributed by atoms with van der Waals surface area (Å²) in [5, 5.41) is 13.0. The van der Waals surface area contributed by atoms with Gasteiger partial charge in [0.15, 0.2) is 5.96 Å². The summed E-state index contributed by atoms with van der Waals surface area (Å²) >= 11 is 0. The van der Waals surface area contributed by atoms with Crippen LogP contribution in [0.2, 0.25) is 0 Å². The van der Waals surface area contributed by atoms with Gasteiger partial charge in [0.25, 0.3) is 0 Å². The van der Waals surface area contributed by atoms with E-state index in [1.165, 1.54) is 11.1 Å². The molecular formula is C14H21N3O. The number of rotatable bonds is 3. The summed E-state index contributed by atoms with van der Waals surface area (Å²) in [6.45, 7) is 4.52.